The predicted octanol–water partition coefficient (Wildman–Crippen LogP) is 3.13. The first-order valence-corrected chi connectivity index (χ1v) is 12.4. The van der Waals surface area contributed by atoms with Crippen molar-refractivity contribution < 1.29 is 9.13 Å². The number of aromatic nitrogens is 4. The first kappa shape index (κ1) is 20.3. The van der Waals surface area contributed by atoms with E-state index in [9.17, 15) is 4.39 Å². The number of aromatic amines is 1. The van der Waals surface area contributed by atoms with Gasteiger partial charge in [0.2, 0.25) is 0 Å². The van der Waals surface area contributed by atoms with Crippen LogP contribution >= 0.6 is 11.3 Å². The van der Waals surface area contributed by atoms with E-state index in [4.69, 9.17) is 19.7 Å². The molecule has 0 radical (unpaired) electrons. The highest BCUT2D eigenvalue weighted by Crippen LogP contribution is 2.35. The van der Waals surface area contributed by atoms with Gasteiger partial charge in [-0.3, -0.25) is 4.90 Å². The molecule has 4 aromatic rings. The van der Waals surface area contributed by atoms with E-state index < -0.39 is 0 Å². The van der Waals surface area contributed by atoms with Gasteiger partial charge in [0.25, 0.3) is 0 Å². The monoisotopic (exact) mass is 477 g/mol. The number of thiazole rings is 1. The Morgan fingerprint density at radius 1 is 1.18 bits per heavy atom. The van der Waals surface area contributed by atoms with Crippen molar-refractivity contribution in [2.24, 2.45) is 5.92 Å². The Labute approximate surface area is 199 Å². The third-order valence-corrected chi connectivity index (χ3v) is 7.82. The van der Waals surface area contributed by atoms with Crippen molar-refractivity contribution in [3.8, 4) is 11.4 Å². The van der Waals surface area contributed by atoms with Gasteiger partial charge in [0.15, 0.2) is 11.6 Å². The summed E-state index contributed by atoms with van der Waals surface area (Å²) in [6.07, 6.45) is 3.98. The van der Waals surface area contributed by atoms with Crippen LogP contribution in [-0.2, 0) is 11.3 Å². The van der Waals surface area contributed by atoms with E-state index in [2.05, 4.69) is 26.3 Å². The Balaban J connectivity index is 1.32. The largest absolute Gasteiger partial charge is 0.390 e. The highest BCUT2D eigenvalue weighted by molar-refractivity contribution is 7.18. The number of hydrogen-bond acceptors (Lipinski definition) is 8. The molecule has 3 aromatic heterocycles. The Hall–Kier alpha value is -3.08. The summed E-state index contributed by atoms with van der Waals surface area (Å²) in [5.74, 6) is 1.64. The lowest BCUT2D eigenvalue weighted by Crippen LogP contribution is -2.37. The highest BCUT2D eigenvalue weighted by Gasteiger charge is 2.31. The second kappa shape index (κ2) is 8.00. The van der Waals surface area contributed by atoms with Crippen LogP contribution < -0.4 is 10.2 Å². The summed E-state index contributed by atoms with van der Waals surface area (Å²) in [4.78, 5) is 23.5. The molecule has 2 fully saturated rings. The lowest BCUT2D eigenvalue weighted by Gasteiger charge is -2.28. The van der Waals surface area contributed by atoms with Crippen molar-refractivity contribution in [1.82, 2.24) is 30.2 Å². The minimum Gasteiger partial charge on any atom is -0.390 e. The molecule has 34 heavy (non-hydrogen) atoms. The number of fused-ring (bicyclic) bond motifs is 3. The zero-order valence-corrected chi connectivity index (χ0v) is 19.4. The van der Waals surface area contributed by atoms with Crippen LogP contribution in [0.4, 0.5) is 10.2 Å². The Kier molecular flexibility index (Phi) is 4.78. The number of nitrogens with zero attached hydrogens (tertiary/aromatic N) is 5. The Morgan fingerprint density at radius 3 is 2.97 bits per heavy atom. The number of rotatable bonds is 4. The maximum atomic E-state index is 14.4. The summed E-state index contributed by atoms with van der Waals surface area (Å²) in [5.41, 5.74) is 3.74. The van der Waals surface area contributed by atoms with Crippen molar-refractivity contribution in [2.45, 2.75) is 6.54 Å². The first-order valence-electron chi connectivity index (χ1n) is 11.6. The Morgan fingerprint density at radius 2 is 2.09 bits per heavy atom. The number of hydrogen-bond donors (Lipinski definition) is 2. The zero-order valence-electron chi connectivity index (χ0n) is 18.6. The van der Waals surface area contributed by atoms with E-state index in [1.54, 1.807) is 11.3 Å². The van der Waals surface area contributed by atoms with Gasteiger partial charge in [-0.05, 0) is 30.0 Å². The van der Waals surface area contributed by atoms with E-state index in [1.165, 1.54) is 17.7 Å². The van der Waals surface area contributed by atoms with Gasteiger partial charge in [0.05, 0.1) is 19.8 Å². The topological polar surface area (TPSA) is 82.2 Å². The summed E-state index contributed by atoms with van der Waals surface area (Å²) in [6.45, 7) is 6.66. The van der Waals surface area contributed by atoms with E-state index in [-0.39, 0.29) is 5.82 Å². The second-order valence-corrected chi connectivity index (χ2v) is 10.2. The van der Waals surface area contributed by atoms with Crippen LogP contribution in [-0.4, -0.2) is 70.8 Å². The van der Waals surface area contributed by atoms with Gasteiger partial charge in [-0.2, -0.15) is 0 Å². The number of nitrogens with one attached hydrogen (secondary N) is 2. The smallest absolute Gasteiger partial charge is 0.164 e. The molecule has 1 aromatic carbocycles. The molecular formula is C24H24FN7OS. The van der Waals surface area contributed by atoms with Gasteiger partial charge in [-0.1, -0.05) is 11.3 Å². The van der Waals surface area contributed by atoms with Crippen molar-refractivity contribution in [3.63, 3.8) is 0 Å². The van der Waals surface area contributed by atoms with Gasteiger partial charge in [0.1, 0.15) is 21.2 Å². The standard InChI is InChI=1S/C24H24FN7OS/c25-16-7-18(17-1-2-27-19(17)8-16)22-29-23(32-3-5-33-6-4-32)21-24(30-22)34-20(28-21)13-31-11-14-9-26-10-15(14)12-31/h1-2,7-9,15,26-27H,3-6,10-13H2. The molecule has 6 heterocycles. The minimum absolute atomic E-state index is 0.310. The summed E-state index contributed by atoms with van der Waals surface area (Å²) in [5, 5.41) is 5.29. The molecule has 2 saturated heterocycles. The van der Waals surface area contributed by atoms with Gasteiger partial charge < -0.3 is 19.9 Å². The second-order valence-electron chi connectivity index (χ2n) is 9.12. The van der Waals surface area contributed by atoms with E-state index in [0.717, 1.165) is 71.3 Å². The number of morpholine rings is 1. The number of benzene rings is 1. The maximum Gasteiger partial charge on any atom is 0.164 e. The van der Waals surface area contributed by atoms with Crippen molar-refractivity contribution >= 4 is 38.4 Å². The van der Waals surface area contributed by atoms with Crippen LogP contribution in [0.5, 0.6) is 0 Å². The third-order valence-electron chi connectivity index (χ3n) is 6.89. The quantitative estimate of drug-likeness (QED) is 0.467. The van der Waals surface area contributed by atoms with E-state index in [0.29, 0.717) is 30.5 Å². The van der Waals surface area contributed by atoms with E-state index >= 15 is 0 Å². The summed E-state index contributed by atoms with van der Waals surface area (Å²) in [7, 11) is 0. The SMILES string of the molecule is Fc1cc(-c2nc(N3CCOCC3)c3nc(CN4CC5=CNCC5C4)sc3n2)c2cc[nH]c2c1. The average molecular weight is 478 g/mol. The van der Waals surface area contributed by atoms with Crippen LogP contribution in [0.25, 0.3) is 32.6 Å². The van der Waals surface area contributed by atoms with Gasteiger partial charge in [0, 0.05) is 61.3 Å². The summed E-state index contributed by atoms with van der Waals surface area (Å²) >= 11 is 1.61. The molecule has 174 valence electrons. The highest BCUT2D eigenvalue weighted by atomic mass is 32.1. The fourth-order valence-electron chi connectivity index (χ4n) is 5.24. The maximum absolute atomic E-state index is 14.4. The normalized spacial score (nSPS) is 20.8. The zero-order chi connectivity index (χ0) is 22.6. The lowest BCUT2D eigenvalue weighted by molar-refractivity contribution is 0.122. The summed E-state index contributed by atoms with van der Waals surface area (Å²) < 4.78 is 20.0. The van der Waals surface area contributed by atoms with Crippen LogP contribution in [0.15, 0.2) is 36.2 Å². The number of H-pyrrole nitrogens is 1. The molecule has 1 atom stereocenters. The molecule has 0 saturated carbocycles. The first-order chi connectivity index (χ1) is 16.7. The van der Waals surface area contributed by atoms with E-state index in [1.807, 2.05) is 12.3 Å². The average Bonchev–Trinajstić information content (AvgIpc) is 3.62. The molecule has 0 spiro atoms. The fraction of sp³-hybridized carbons (Fsp3) is 0.375. The van der Waals surface area contributed by atoms with Gasteiger partial charge >= 0.3 is 0 Å². The lowest BCUT2D eigenvalue weighted by atomic mass is 10.1. The fourth-order valence-corrected chi connectivity index (χ4v) is 6.21. The molecule has 1 unspecified atom stereocenters. The molecule has 3 aliphatic heterocycles. The van der Waals surface area contributed by atoms with Gasteiger partial charge in [-0.25, -0.2) is 19.3 Å². The molecular weight excluding hydrogens is 453 g/mol. The molecule has 0 aliphatic carbocycles. The van der Waals surface area contributed by atoms with Crippen molar-refractivity contribution in [2.75, 3.05) is 50.8 Å². The van der Waals surface area contributed by atoms with Crippen LogP contribution in [0.3, 0.4) is 0 Å². The van der Waals surface area contributed by atoms with Crippen LogP contribution in [0.2, 0.25) is 0 Å². The molecule has 0 bridgehead atoms. The van der Waals surface area contributed by atoms with Crippen molar-refractivity contribution in [1.29, 1.82) is 0 Å². The Bertz CT molecular complexity index is 1420. The molecule has 10 heteroatoms. The number of anilines is 1. The molecule has 2 N–H and O–H groups in total. The molecule has 0 amide bonds. The molecule has 7 rings (SSSR count). The molecule has 3 aliphatic rings. The van der Waals surface area contributed by atoms with Gasteiger partial charge in [-0.15, -0.1) is 0 Å². The third kappa shape index (κ3) is 3.44. The summed E-state index contributed by atoms with van der Waals surface area (Å²) in [6, 6.07) is 4.96. The number of likely N-dealkylation sites (tertiary alicyclic amines) is 1. The van der Waals surface area contributed by atoms with Crippen LogP contribution in [0, 0.1) is 11.7 Å². The minimum atomic E-state index is -0.310. The molecule has 8 nitrogen and oxygen atoms in total. The van der Waals surface area contributed by atoms with Crippen LogP contribution in [0.1, 0.15) is 5.01 Å². The predicted molar refractivity (Wildman–Crippen MR) is 130 cm³/mol. The van der Waals surface area contributed by atoms with Crippen molar-refractivity contribution in [3.05, 3.63) is 47.0 Å². The number of halogens is 1. The number of ether oxygens (including phenoxy) is 1.